The quantitative estimate of drug-likeness (QED) is 0.342. The molecule has 16 heavy (non-hydrogen) atoms. The van der Waals surface area contributed by atoms with E-state index >= 15 is 0 Å². The van der Waals surface area contributed by atoms with Gasteiger partial charge >= 0.3 is 5.97 Å². The number of hydrogen-bond acceptors (Lipinski definition) is 5. The second-order valence-corrected chi connectivity index (χ2v) is 3.84. The van der Waals surface area contributed by atoms with Gasteiger partial charge in [-0.2, -0.15) is 0 Å². The third kappa shape index (κ3) is 3.54. The molecule has 86 valence electrons. The van der Waals surface area contributed by atoms with Gasteiger partial charge in [-0.3, -0.25) is 14.9 Å². The standard InChI is InChI=1S/C10H11NO4S/c1-2-15-10(12)7-16-9-6-4-3-5-8(9)11(13)14/h3-6H,2,7H2,1H3. The molecule has 1 rings (SSSR count). The Bertz CT molecular complexity index is 394. The predicted molar refractivity (Wildman–Crippen MR) is 60.5 cm³/mol. The van der Waals surface area contributed by atoms with E-state index in [1.807, 2.05) is 0 Å². The van der Waals surface area contributed by atoms with Gasteiger partial charge in [0.2, 0.25) is 0 Å². The van der Waals surface area contributed by atoms with Crippen LogP contribution in [-0.2, 0) is 9.53 Å². The van der Waals surface area contributed by atoms with Crippen molar-refractivity contribution in [1.29, 1.82) is 0 Å². The van der Waals surface area contributed by atoms with Gasteiger partial charge in [-0.25, -0.2) is 0 Å². The number of benzene rings is 1. The van der Waals surface area contributed by atoms with E-state index in [2.05, 4.69) is 0 Å². The summed E-state index contributed by atoms with van der Waals surface area (Å²) in [5, 5.41) is 10.7. The van der Waals surface area contributed by atoms with E-state index in [0.29, 0.717) is 11.5 Å². The SMILES string of the molecule is CCOC(=O)CSc1ccccc1[N+](=O)[O-]. The summed E-state index contributed by atoms with van der Waals surface area (Å²) in [5.41, 5.74) is 0.0109. The summed E-state index contributed by atoms with van der Waals surface area (Å²) < 4.78 is 4.73. The second-order valence-electron chi connectivity index (χ2n) is 2.82. The molecule has 0 bridgehead atoms. The summed E-state index contributed by atoms with van der Waals surface area (Å²) in [4.78, 5) is 21.8. The van der Waals surface area contributed by atoms with Crippen LogP contribution in [0.3, 0.4) is 0 Å². The van der Waals surface area contributed by atoms with Crippen molar-refractivity contribution in [2.45, 2.75) is 11.8 Å². The molecule has 0 N–H and O–H groups in total. The molecule has 5 nitrogen and oxygen atoms in total. The normalized spacial score (nSPS) is 9.81. The number of carbonyl (C=O) groups is 1. The maximum Gasteiger partial charge on any atom is 0.316 e. The Hall–Kier alpha value is -1.56. The Kier molecular flexibility index (Phi) is 4.78. The van der Waals surface area contributed by atoms with Crippen LogP contribution >= 0.6 is 11.8 Å². The van der Waals surface area contributed by atoms with Crippen LogP contribution in [0.4, 0.5) is 5.69 Å². The summed E-state index contributed by atoms with van der Waals surface area (Å²) >= 11 is 1.11. The molecule has 0 heterocycles. The molecule has 0 radical (unpaired) electrons. The van der Waals surface area contributed by atoms with E-state index in [-0.39, 0.29) is 17.4 Å². The van der Waals surface area contributed by atoms with Gasteiger partial charge in [-0.1, -0.05) is 12.1 Å². The summed E-state index contributed by atoms with van der Waals surface area (Å²) in [5.74, 6) is -0.288. The number of thioether (sulfide) groups is 1. The number of hydrogen-bond donors (Lipinski definition) is 0. The van der Waals surface area contributed by atoms with Crippen LogP contribution in [0.2, 0.25) is 0 Å². The van der Waals surface area contributed by atoms with Gasteiger partial charge in [0.05, 0.1) is 22.2 Å². The van der Waals surface area contributed by atoms with Crippen molar-refractivity contribution in [2.75, 3.05) is 12.4 Å². The third-order valence-corrected chi connectivity index (χ3v) is 2.75. The summed E-state index contributed by atoms with van der Waals surface area (Å²) in [7, 11) is 0. The van der Waals surface area contributed by atoms with Crippen molar-refractivity contribution in [3.63, 3.8) is 0 Å². The fourth-order valence-electron chi connectivity index (χ4n) is 1.07. The average Bonchev–Trinajstić information content (AvgIpc) is 2.27. The molecule has 0 aliphatic rings. The van der Waals surface area contributed by atoms with E-state index < -0.39 is 4.92 Å². The van der Waals surface area contributed by atoms with Gasteiger partial charge in [-0.05, 0) is 13.0 Å². The smallest absolute Gasteiger partial charge is 0.316 e. The highest BCUT2D eigenvalue weighted by Gasteiger charge is 2.14. The molecular formula is C10H11NO4S. The Labute approximate surface area is 96.9 Å². The van der Waals surface area contributed by atoms with Crippen LogP contribution in [0.25, 0.3) is 0 Å². The van der Waals surface area contributed by atoms with Gasteiger partial charge in [0, 0.05) is 6.07 Å². The van der Waals surface area contributed by atoms with E-state index in [1.54, 1.807) is 25.1 Å². The first-order valence-corrected chi connectivity index (χ1v) is 5.65. The molecule has 0 spiro atoms. The lowest BCUT2D eigenvalue weighted by Crippen LogP contribution is -2.06. The zero-order valence-electron chi connectivity index (χ0n) is 8.71. The molecule has 0 saturated carbocycles. The lowest BCUT2D eigenvalue weighted by Gasteiger charge is -2.02. The molecule has 0 saturated heterocycles. The van der Waals surface area contributed by atoms with Gasteiger partial charge < -0.3 is 4.74 Å². The van der Waals surface area contributed by atoms with Crippen molar-refractivity contribution in [3.05, 3.63) is 34.4 Å². The number of carbonyl (C=O) groups excluding carboxylic acids is 1. The fraction of sp³-hybridized carbons (Fsp3) is 0.300. The van der Waals surface area contributed by atoms with Gasteiger partial charge in [-0.15, -0.1) is 11.8 Å². The monoisotopic (exact) mass is 241 g/mol. The molecule has 0 amide bonds. The van der Waals surface area contributed by atoms with E-state index in [0.717, 1.165) is 11.8 Å². The van der Waals surface area contributed by atoms with Crippen LogP contribution in [0.5, 0.6) is 0 Å². The highest BCUT2D eigenvalue weighted by molar-refractivity contribution is 8.00. The van der Waals surface area contributed by atoms with Gasteiger partial charge in [0.25, 0.3) is 5.69 Å². The molecule has 0 atom stereocenters. The number of nitrogens with zero attached hydrogens (tertiary/aromatic N) is 1. The van der Waals surface area contributed by atoms with E-state index in [4.69, 9.17) is 4.74 Å². The predicted octanol–water partition coefficient (Wildman–Crippen LogP) is 2.25. The number of rotatable bonds is 5. The first-order valence-electron chi connectivity index (χ1n) is 4.67. The van der Waals surface area contributed by atoms with Crippen LogP contribution in [0.1, 0.15) is 6.92 Å². The molecule has 0 aliphatic heterocycles. The van der Waals surface area contributed by atoms with Crippen molar-refractivity contribution < 1.29 is 14.5 Å². The topological polar surface area (TPSA) is 69.4 Å². The third-order valence-electron chi connectivity index (χ3n) is 1.71. The largest absolute Gasteiger partial charge is 0.465 e. The minimum Gasteiger partial charge on any atom is -0.465 e. The number of para-hydroxylation sites is 1. The van der Waals surface area contributed by atoms with Gasteiger partial charge in [0.1, 0.15) is 0 Å². The molecule has 0 aromatic heterocycles. The first-order chi connectivity index (χ1) is 7.65. The minimum atomic E-state index is -0.465. The molecule has 1 aromatic carbocycles. The van der Waals surface area contributed by atoms with Gasteiger partial charge in [0.15, 0.2) is 0 Å². The van der Waals surface area contributed by atoms with Crippen molar-refractivity contribution >= 4 is 23.4 Å². The molecule has 0 fully saturated rings. The maximum absolute atomic E-state index is 11.1. The zero-order valence-corrected chi connectivity index (χ0v) is 9.53. The Morgan fingerprint density at radius 1 is 1.50 bits per heavy atom. The van der Waals surface area contributed by atoms with Crippen molar-refractivity contribution in [2.24, 2.45) is 0 Å². The minimum absolute atomic E-state index is 0.0109. The second kappa shape index (κ2) is 6.12. The zero-order chi connectivity index (χ0) is 12.0. The summed E-state index contributed by atoms with van der Waals surface area (Å²) in [6.07, 6.45) is 0. The molecular weight excluding hydrogens is 230 g/mol. The Morgan fingerprint density at radius 2 is 2.19 bits per heavy atom. The fourth-order valence-corrected chi connectivity index (χ4v) is 1.89. The van der Waals surface area contributed by atoms with E-state index in [9.17, 15) is 14.9 Å². The van der Waals surface area contributed by atoms with Crippen LogP contribution < -0.4 is 0 Å². The lowest BCUT2D eigenvalue weighted by atomic mass is 10.3. The summed E-state index contributed by atoms with van der Waals surface area (Å²) in [6.45, 7) is 2.03. The number of ether oxygens (including phenoxy) is 1. The van der Waals surface area contributed by atoms with Crippen molar-refractivity contribution in [3.8, 4) is 0 Å². The van der Waals surface area contributed by atoms with Crippen LogP contribution in [-0.4, -0.2) is 23.3 Å². The highest BCUT2D eigenvalue weighted by Crippen LogP contribution is 2.28. The number of esters is 1. The number of nitro benzene ring substituents is 1. The Morgan fingerprint density at radius 3 is 2.81 bits per heavy atom. The lowest BCUT2D eigenvalue weighted by molar-refractivity contribution is -0.387. The first kappa shape index (κ1) is 12.5. The molecule has 0 unspecified atom stereocenters. The molecule has 0 aliphatic carbocycles. The molecule has 1 aromatic rings. The summed E-state index contributed by atoms with van der Waals surface area (Å²) in [6, 6.07) is 6.31. The number of nitro groups is 1. The highest BCUT2D eigenvalue weighted by atomic mass is 32.2. The molecule has 6 heteroatoms. The van der Waals surface area contributed by atoms with Crippen molar-refractivity contribution in [1.82, 2.24) is 0 Å². The van der Waals surface area contributed by atoms with E-state index in [1.165, 1.54) is 6.07 Å². The van der Waals surface area contributed by atoms with Crippen LogP contribution in [0, 0.1) is 10.1 Å². The Balaban J connectivity index is 2.66. The maximum atomic E-state index is 11.1. The average molecular weight is 241 g/mol. The van der Waals surface area contributed by atoms with Crippen LogP contribution in [0.15, 0.2) is 29.2 Å².